The molecule has 0 aromatic heterocycles. The molecule has 2 bridgehead atoms. The van der Waals surface area contributed by atoms with Crippen LogP contribution in [0.2, 0.25) is 10.0 Å². The van der Waals surface area contributed by atoms with Crippen molar-refractivity contribution in [3.05, 3.63) is 33.8 Å². The largest absolute Gasteiger partial charge is 0.311 e. The van der Waals surface area contributed by atoms with Crippen molar-refractivity contribution in [1.29, 1.82) is 0 Å². The third-order valence-electron chi connectivity index (χ3n) is 5.21. The van der Waals surface area contributed by atoms with E-state index in [0.717, 1.165) is 18.6 Å². The molecule has 0 amide bonds. The highest BCUT2D eigenvalue weighted by Gasteiger charge is 2.37. The monoisotopic (exact) mass is 326 g/mol. The number of piperidine rings is 1. The van der Waals surface area contributed by atoms with Crippen LogP contribution in [-0.4, -0.2) is 29.6 Å². The van der Waals surface area contributed by atoms with Crippen LogP contribution < -0.4 is 5.32 Å². The second-order valence-corrected chi connectivity index (χ2v) is 7.26. The average molecular weight is 327 g/mol. The second kappa shape index (κ2) is 6.45. The Morgan fingerprint density at radius 1 is 1.19 bits per heavy atom. The Balaban J connectivity index is 1.77. The lowest BCUT2D eigenvalue weighted by atomic mass is 9.95. The van der Waals surface area contributed by atoms with Gasteiger partial charge in [-0.1, -0.05) is 36.2 Å². The summed E-state index contributed by atoms with van der Waals surface area (Å²) in [5.74, 6) is 0. The van der Waals surface area contributed by atoms with Crippen LogP contribution in [0.15, 0.2) is 18.2 Å². The number of nitrogens with zero attached hydrogens (tertiary/aromatic N) is 1. The molecule has 0 saturated carbocycles. The third kappa shape index (κ3) is 3.24. The molecule has 21 heavy (non-hydrogen) atoms. The molecule has 0 spiro atoms. The Bertz CT molecular complexity index is 494. The predicted molar refractivity (Wildman–Crippen MR) is 90.2 cm³/mol. The lowest BCUT2D eigenvalue weighted by Gasteiger charge is -2.40. The summed E-state index contributed by atoms with van der Waals surface area (Å²) < 4.78 is 0. The second-order valence-electron chi connectivity index (χ2n) is 6.44. The van der Waals surface area contributed by atoms with Gasteiger partial charge in [-0.3, -0.25) is 4.90 Å². The fourth-order valence-electron chi connectivity index (χ4n) is 4.11. The molecule has 1 aromatic rings. The summed E-state index contributed by atoms with van der Waals surface area (Å²) in [5.41, 5.74) is 1.26. The number of hydrogen-bond acceptors (Lipinski definition) is 2. The maximum Gasteiger partial charge on any atom is 0.0595 e. The normalized spacial score (nSPS) is 29.9. The smallest absolute Gasteiger partial charge is 0.0595 e. The van der Waals surface area contributed by atoms with Crippen LogP contribution in [0, 0.1) is 0 Å². The van der Waals surface area contributed by atoms with Gasteiger partial charge in [0.05, 0.1) is 10.0 Å². The van der Waals surface area contributed by atoms with Gasteiger partial charge in [0, 0.05) is 24.2 Å². The fourth-order valence-corrected chi connectivity index (χ4v) is 4.42. The number of fused-ring (bicyclic) bond motifs is 2. The third-order valence-corrected chi connectivity index (χ3v) is 5.94. The first kappa shape index (κ1) is 15.6. The topological polar surface area (TPSA) is 15.3 Å². The van der Waals surface area contributed by atoms with Crippen LogP contribution in [0.25, 0.3) is 0 Å². The summed E-state index contributed by atoms with van der Waals surface area (Å²) in [4.78, 5) is 2.63. The predicted octanol–water partition coefficient (Wildman–Crippen LogP) is 4.66. The highest BCUT2D eigenvalue weighted by Crippen LogP contribution is 2.35. The highest BCUT2D eigenvalue weighted by molar-refractivity contribution is 6.42. The van der Waals surface area contributed by atoms with Crippen molar-refractivity contribution in [1.82, 2.24) is 10.2 Å². The van der Waals surface area contributed by atoms with E-state index >= 15 is 0 Å². The molecular weight excluding hydrogens is 303 g/mol. The zero-order chi connectivity index (χ0) is 15.0. The van der Waals surface area contributed by atoms with E-state index in [1.165, 1.54) is 31.2 Å². The Morgan fingerprint density at radius 3 is 2.43 bits per heavy atom. The lowest BCUT2D eigenvalue weighted by Crippen LogP contribution is -2.48. The number of hydrogen-bond donors (Lipinski definition) is 1. The van der Waals surface area contributed by atoms with Crippen LogP contribution >= 0.6 is 23.2 Å². The first-order chi connectivity index (χ1) is 10.1. The minimum atomic E-state index is 0.382. The molecule has 2 heterocycles. The molecule has 0 aliphatic carbocycles. The molecule has 1 aromatic carbocycles. The minimum Gasteiger partial charge on any atom is -0.311 e. The summed E-state index contributed by atoms with van der Waals surface area (Å²) in [5, 5.41) is 5.02. The fraction of sp³-hybridized carbons (Fsp3) is 0.647. The van der Waals surface area contributed by atoms with Gasteiger partial charge in [-0.15, -0.1) is 0 Å². The van der Waals surface area contributed by atoms with Crippen LogP contribution in [0.3, 0.4) is 0 Å². The van der Waals surface area contributed by atoms with Crippen molar-refractivity contribution >= 4 is 23.2 Å². The minimum absolute atomic E-state index is 0.382. The summed E-state index contributed by atoms with van der Waals surface area (Å²) >= 11 is 12.2. The molecule has 4 heteroatoms. The number of nitrogens with one attached hydrogen (secondary N) is 1. The van der Waals surface area contributed by atoms with E-state index in [9.17, 15) is 0 Å². The molecule has 1 N–H and O–H groups in total. The van der Waals surface area contributed by atoms with Gasteiger partial charge in [0.2, 0.25) is 0 Å². The summed E-state index contributed by atoms with van der Waals surface area (Å²) in [6, 6.07) is 8.55. The number of rotatable bonds is 4. The van der Waals surface area contributed by atoms with E-state index in [1.807, 2.05) is 12.1 Å². The molecule has 2 fully saturated rings. The Kier molecular flexibility index (Phi) is 4.80. The summed E-state index contributed by atoms with van der Waals surface area (Å²) in [6.45, 7) is 5.62. The summed E-state index contributed by atoms with van der Waals surface area (Å²) in [6.07, 6.45) is 5.24. The Morgan fingerprint density at radius 2 is 1.86 bits per heavy atom. The number of halogens is 2. The standard InChI is InChI=1S/C17H24Cl2N2/c1-3-21(15-9-13-5-6-14(10-15)20-13)11(2)12-4-7-16(18)17(19)8-12/h4,7-8,11,13-15,20H,3,5-6,9-10H2,1-2H3. The van der Waals surface area contributed by atoms with Gasteiger partial charge >= 0.3 is 0 Å². The molecule has 3 unspecified atom stereocenters. The van der Waals surface area contributed by atoms with Crippen molar-refractivity contribution in [3.63, 3.8) is 0 Å². The quantitative estimate of drug-likeness (QED) is 0.865. The lowest BCUT2D eigenvalue weighted by molar-refractivity contribution is 0.108. The first-order valence-electron chi connectivity index (χ1n) is 8.05. The summed E-state index contributed by atoms with van der Waals surface area (Å²) in [7, 11) is 0. The van der Waals surface area contributed by atoms with Crippen molar-refractivity contribution in [2.24, 2.45) is 0 Å². The van der Waals surface area contributed by atoms with Gasteiger partial charge in [0.15, 0.2) is 0 Å². The molecule has 3 atom stereocenters. The van der Waals surface area contributed by atoms with Crippen molar-refractivity contribution in [2.45, 2.75) is 63.7 Å². The van der Waals surface area contributed by atoms with Crippen LogP contribution in [0.1, 0.15) is 51.1 Å². The molecule has 0 radical (unpaired) electrons. The van der Waals surface area contributed by atoms with Crippen molar-refractivity contribution < 1.29 is 0 Å². The first-order valence-corrected chi connectivity index (χ1v) is 8.80. The van der Waals surface area contributed by atoms with Gasteiger partial charge in [-0.2, -0.15) is 0 Å². The maximum absolute atomic E-state index is 6.19. The highest BCUT2D eigenvalue weighted by atomic mass is 35.5. The van der Waals surface area contributed by atoms with E-state index in [2.05, 4.69) is 30.1 Å². The van der Waals surface area contributed by atoms with E-state index in [0.29, 0.717) is 22.1 Å². The molecule has 2 aliphatic rings. The van der Waals surface area contributed by atoms with Crippen LogP contribution in [-0.2, 0) is 0 Å². The van der Waals surface area contributed by atoms with Crippen LogP contribution in [0.4, 0.5) is 0 Å². The molecule has 3 rings (SSSR count). The molecule has 116 valence electrons. The van der Waals surface area contributed by atoms with E-state index in [1.54, 1.807) is 0 Å². The van der Waals surface area contributed by atoms with Crippen molar-refractivity contribution in [2.75, 3.05) is 6.54 Å². The van der Waals surface area contributed by atoms with Gasteiger partial charge in [-0.25, -0.2) is 0 Å². The van der Waals surface area contributed by atoms with Crippen molar-refractivity contribution in [3.8, 4) is 0 Å². The molecule has 2 saturated heterocycles. The van der Waals surface area contributed by atoms with Gasteiger partial charge < -0.3 is 5.32 Å². The van der Waals surface area contributed by atoms with E-state index in [4.69, 9.17) is 23.2 Å². The molecular formula is C17H24Cl2N2. The average Bonchev–Trinajstić information content (AvgIpc) is 2.81. The van der Waals surface area contributed by atoms with Gasteiger partial charge in [0.1, 0.15) is 0 Å². The van der Waals surface area contributed by atoms with Gasteiger partial charge in [0.25, 0.3) is 0 Å². The van der Waals surface area contributed by atoms with E-state index < -0.39 is 0 Å². The van der Waals surface area contributed by atoms with Gasteiger partial charge in [-0.05, 0) is 56.8 Å². The maximum atomic E-state index is 6.19. The van der Waals surface area contributed by atoms with Crippen LogP contribution in [0.5, 0.6) is 0 Å². The Labute approximate surface area is 137 Å². The zero-order valence-electron chi connectivity index (χ0n) is 12.8. The molecule has 2 aliphatic heterocycles. The SMILES string of the molecule is CCN(C1CC2CCC(C1)N2)C(C)c1ccc(Cl)c(Cl)c1. The number of benzene rings is 1. The molecule has 2 nitrogen and oxygen atoms in total. The van der Waals surface area contributed by atoms with E-state index in [-0.39, 0.29) is 0 Å². The zero-order valence-corrected chi connectivity index (χ0v) is 14.3. The Hall–Kier alpha value is -0.280.